The Bertz CT molecular complexity index is 289. The third-order valence-electron chi connectivity index (χ3n) is 3.26. The second kappa shape index (κ2) is 42.2. The zero-order valence-corrected chi connectivity index (χ0v) is 23.5. The number of unbranched alkanes of at least 4 members (excludes halogenated alkanes) is 8. The van der Waals surface area contributed by atoms with Crippen molar-refractivity contribution in [3.05, 3.63) is 0 Å². The Hall–Kier alpha value is 1.08. The van der Waals surface area contributed by atoms with Gasteiger partial charge in [-0.2, -0.15) is 18.0 Å². The molecule has 0 bridgehead atoms. The summed E-state index contributed by atoms with van der Waals surface area (Å²) in [6.07, 6.45) is 15.5. The molecule has 0 rings (SSSR count). The minimum Gasteiger partial charge on any atom is -0.796 e. The number of carbonyl (C=O) groups is 2. The molecule has 0 aromatic rings. The predicted octanol–water partition coefficient (Wildman–Crippen LogP) is 2.36. The second-order valence-electron chi connectivity index (χ2n) is 5.50. The summed E-state index contributed by atoms with van der Waals surface area (Å²) in [5.74, 6) is -0.108. The van der Waals surface area contributed by atoms with Crippen molar-refractivity contribution in [2.45, 2.75) is 77.0 Å². The van der Waals surface area contributed by atoms with Crippen molar-refractivity contribution in [2.75, 3.05) is 30.7 Å². The summed E-state index contributed by atoms with van der Waals surface area (Å²) in [5, 5.41) is 24.7. The van der Waals surface area contributed by atoms with Crippen molar-refractivity contribution in [1.82, 2.24) is 0 Å². The summed E-state index contributed by atoms with van der Waals surface area (Å²) >= 11 is 9.31. The SMILES string of the molecule is CO.CSCCCCCCCC(=O)O.C[S-].O=C(O)CCCCCCCBr.[Na+]. The molecule has 0 spiro atoms. The van der Waals surface area contributed by atoms with Gasteiger partial charge in [0.25, 0.3) is 0 Å². The zero-order valence-electron chi connectivity index (χ0n) is 18.3. The van der Waals surface area contributed by atoms with Crippen LogP contribution in [-0.4, -0.2) is 58.0 Å². The molecule has 0 atom stereocenters. The van der Waals surface area contributed by atoms with E-state index in [2.05, 4.69) is 34.8 Å². The molecule has 0 aliphatic heterocycles. The maximum absolute atomic E-state index is 10.1. The first kappa shape index (κ1) is 39.5. The molecule has 0 saturated heterocycles. The van der Waals surface area contributed by atoms with Crippen molar-refractivity contribution in [3.8, 4) is 0 Å². The molecule has 166 valence electrons. The van der Waals surface area contributed by atoms with Crippen molar-refractivity contribution in [2.24, 2.45) is 0 Å². The van der Waals surface area contributed by atoms with E-state index in [-0.39, 0.29) is 29.6 Å². The Balaban J connectivity index is -0.000000104. The molecular weight excluding hydrogens is 475 g/mol. The minimum absolute atomic E-state index is 0. The Morgan fingerprint density at radius 3 is 1.39 bits per heavy atom. The van der Waals surface area contributed by atoms with E-state index >= 15 is 0 Å². The molecule has 0 amide bonds. The Morgan fingerprint density at radius 1 is 0.750 bits per heavy atom. The third-order valence-corrected chi connectivity index (χ3v) is 4.52. The standard InChI is InChI=1S/C9H18O2S.C8H15BrO2.CH4O.CH4S.Na/c1-12-8-6-4-2-3-5-7-9(10)11;9-7-5-3-1-2-4-6-8(10)11;2*1-2;/h2-8H2,1H3,(H,10,11);1-7H2,(H,10,11);2*2H,1H3;/q;;;;+1/p-1. The van der Waals surface area contributed by atoms with Gasteiger partial charge in [0.1, 0.15) is 0 Å². The normalized spacial score (nSPS) is 8.64. The van der Waals surface area contributed by atoms with Crippen LogP contribution in [0.2, 0.25) is 0 Å². The monoisotopic (exact) mass is 514 g/mol. The average Bonchev–Trinajstić information content (AvgIpc) is 2.67. The van der Waals surface area contributed by atoms with E-state index in [9.17, 15) is 9.59 Å². The van der Waals surface area contributed by atoms with Gasteiger partial charge in [-0.05, 0) is 37.7 Å². The maximum Gasteiger partial charge on any atom is 1.00 e. The number of thioether (sulfide) groups is 1. The summed E-state index contributed by atoms with van der Waals surface area (Å²) in [6, 6.07) is 0. The summed E-state index contributed by atoms with van der Waals surface area (Å²) in [5.41, 5.74) is 0. The molecule has 9 heteroatoms. The van der Waals surface area contributed by atoms with Crippen LogP contribution in [0.4, 0.5) is 0 Å². The van der Waals surface area contributed by atoms with E-state index in [1.807, 2.05) is 11.8 Å². The van der Waals surface area contributed by atoms with E-state index in [0.717, 1.165) is 38.1 Å². The van der Waals surface area contributed by atoms with Gasteiger partial charge in [-0.3, -0.25) is 9.59 Å². The number of rotatable bonds is 15. The van der Waals surface area contributed by atoms with Crippen LogP contribution >= 0.6 is 27.7 Å². The van der Waals surface area contributed by atoms with Crippen LogP contribution < -0.4 is 29.6 Å². The van der Waals surface area contributed by atoms with Gasteiger partial charge in [-0.25, -0.2) is 0 Å². The molecule has 5 nitrogen and oxygen atoms in total. The summed E-state index contributed by atoms with van der Waals surface area (Å²) in [7, 11) is 1.00. The number of hydrogen-bond acceptors (Lipinski definition) is 5. The molecule has 0 fully saturated rings. The fraction of sp³-hybridized carbons (Fsp3) is 0.895. The first-order chi connectivity index (χ1) is 13.0. The van der Waals surface area contributed by atoms with E-state index in [0.29, 0.717) is 12.8 Å². The van der Waals surface area contributed by atoms with E-state index < -0.39 is 11.9 Å². The third kappa shape index (κ3) is 56.3. The second-order valence-corrected chi connectivity index (χ2v) is 7.28. The molecule has 0 heterocycles. The molecule has 0 aromatic heterocycles. The van der Waals surface area contributed by atoms with E-state index in [1.54, 1.807) is 6.26 Å². The molecule has 0 aliphatic rings. The first-order valence-corrected chi connectivity index (χ1v) is 12.7. The molecule has 0 aromatic carbocycles. The van der Waals surface area contributed by atoms with Crippen LogP contribution in [0, 0.1) is 0 Å². The number of halogens is 1. The van der Waals surface area contributed by atoms with Gasteiger partial charge in [0.15, 0.2) is 0 Å². The molecule has 3 N–H and O–H groups in total. The molecule has 28 heavy (non-hydrogen) atoms. The largest absolute Gasteiger partial charge is 1.00 e. The predicted molar refractivity (Wildman–Crippen MR) is 124 cm³/mol. The van der Waals surface area contributed by atoms with Gasteiger partial charge in [0, 0.05) is 25.3 Å². The van der Waals surface area contributed by atoms with Gasteiger partial charge in [0.05, 0.1) is 0 Å². The van der Waals surface area contributed by atoms with Crippen LogP contribution in [-0.2, 0) is 22.2 Å². The summed E-state index contributed by atoms with van der Waals surface area (Å²) in [4.78, 5) is 20.2. The number of carboxylic acid groups (broad SMARTS) is 2. The number of aliphatic hydroxyl groups excluding tert-OH is 1. The van der Waals surface area contributed by atoms with Gasteiger partial charge in [0.2, 0.25) is 0 Å². The average molecular weight is 516 g/mol. The molecule has 0 unspecified atom stereocenters. The summed E-state index contributed by atoms with van der Waals surface area (Å²) < 4.78 is 0. The van der Waals surface area contributed by atoms with E-state index in [1.165, 1.54) is 44.3 Å². The van der Waals surface area contributed by atoms with Crippen LogP contribution in [0.3, 0.4) is 0 Å². The molecular formula is C19H40BrNaO5S2. The maximum atomic E-state index is 10.1. The number of hydrogen-bond donors (Lipinski definition) is 3. The van der Waals surface area contributed by atoms with E-state index in [4.69, 9.17) is 15.3 Å². The van der Waals surface area contributed by atoms with Gasteiger partial charge < -0.3 is 27.9 Å². The Kier molecular flexibility index (Phi) is 59.7. The number of carboxylic acids is 2. The number of aliphatic hydroxyl groups is 1. The van der Waals surface area contributed by atoms with Crippen molar-refractivity contribution in [1.29, 1.82) is 0 Å². The molecule has 0 radical (unpaired) electrons. The summed E-state index contributed by atoms with van der Waals surface area (Å²) in [6.45, 7) is 0. The van der Waals surface area contributed by atoms with Gasteiger partial charge >= 0.3 is 41.5 Å². The Labute approximate surface area is 213 Å². The fourth-order valence-corrected chi connectivity index (χ4v) is 2.84. The van der Waals surface area contributed by atoms with Crippen LogP contribution in [0.5, 0.6) is 0 Å². The quantitative estimate of drug-likeness (QED) is 0.133. The first-order valence-electron chi connectivity index (χ1n) is 9.38. The topological polar surface area (TPSA) is 94.8 Å². The zero-order chi connectivity index (χ0) is 21.8. The smallest absolute Gasteiger partial charge is 0.796 e. The molecule has 0 aliphatic carbocycles. The minimum atomic E-state index is -0.675. The Morgan fingerprint density at radius 2 is 1.07 bits per heavy atom. The number of aliphatic carboxylic acids is 2. The number of alkyl halides is 1. The van der Waals surface area contributed by atoms with Crippen molar-refractivity contribution in [3.63, 3.8) is 0 Å². The van der Waals surface area contributed by atoms with Crippen LogP contribution in [0.25, 0.3) is 0 Å². The fourth-order valence-electron chi connectivity index (χ4n) is 1.95. The van der Waals surface area contributed by atoms with Crippen molar-refractivity contribution < 1.29 is 54.5 Å². The van der Waals surface area contributed by atoms with Crippen LogP contribution in [0.15, 0.2) is 0 Å². The van der Waals surface area contributed by atoms with Gasteiger partial charge in [-0.1, -0.05) is 54.5 Å². The van der Waals surface area contributed by atoms with Crippen LogP contribution in [0.1, 0.15) is 77.0 Å². The molecule has 0 saturated carbocycles. The van der Waals surface area contributed by atoms with Gasteiger partial charge in [-0.15, -0.1) is 0 Å². The van der Waals surface area contributed by atoms with Crippen molar-refractivity contribution >= 4 is 52.3 Å².